The molecule has 2 aromatic heterocycles. The van der Waals surface area contributed by atoms with Crippen molar-refractivity contribution in [3.05, 3.63) is 52.5 Å². The van der Waals surface area contributed by atoms with Crippen molar-refractivity contribution in [1.29, 1.82) is 0 Å². The molecule has 2 aromatic rings. The van der Waals surface area contributed by atoms with Crippen molar-refractivity contribution < 1.29 is 4.79 Å². The molecule has 1 atom stereocenters. The Balaban J connectivity index is 1.94. The molecule has 0 aromatic carbocycles. The molecule has 3 nitrogen and oxygen atoms in total. The second-order valence-electron chi connectivity index (χ2n) is 4.04. The number of hydrogen-bond donors (Lipinski definition) is 1. The van der Waals surface area contributed by atoms with Crippen LogP contribution in [-0.4, -0.2) is 10.9 Å². The molecule has 1 N–H and O–H groups in total. The second kappa shape index (κ2) is 6.31. The van der Waals surface area contributed by atoms with Crippen molar-refractivity contribution >= 4 is 17.2 Å². The summed E-state index contributed by atoms with van der Waals surface area (Å²) in [6.45, 7) is 2.07. The molecule has 0 aliphatic carbocycles. The fourth-order valence-electron chi connectivity index (χ4n) is 1.78. The maximum Gasteiger partial charge on any atom is 0.226 e. The van der Waals surface area contributed by atoms with Crippen LogP contribution in [0, 0.1) is 0 Å². The molecule has 0 aliphatic heterocycles. The smallest absolute Gasteiger partial charge is 0.226 e. The monoisotopic (exact) mass is 260 g/mol. The fraction of sp³-hybridized carbons (Fsp3) is 0.286. The molecule has 2 heterocycles. The van der Waals surface area contributed by atoms with Crippen LogP contribution in [0.1, 0.15) is 30.0 Å². The molecule has 0 saturated carbocycles. The van der Waals surface area contributed by atoms with Crippen molar-refractivity contribution in [2.75, 3.05) is 0 Å². The Morgan fingerprint density at radius 2 is 2.28 bits per heavy atom. The van der Waals surface area contributed by atoms with E-state index in [-0.39, 0.29) is 11.9 Å². The van der Waals surface area contributed by atoms with Gasteiger partial charge in [0.2, 0.25) is 5.91 Å². The highest BCUT2D eigenvalue weighted by Crippen LogP contribution is 2.21. The van der Waals surface area contributed by atoms with Gasteiger partial charge in [-0.3, -0.25) is 9.78 Å². The van der Waals surface area contributed by atoms with E-state index in [0.717, 1.165) is 12.1 Å². The summed E-state index contributed by atoms with van der Waals surface area (Å²) in [5.74, 6) is 0.0222. The highest BCUT2D eigenvalue weighted by Gasteiger charge is 2.13. The number of pyridine rings is 1. The third-order valence-corrected chi connectivity index (χ3v) is 3.68. The van der Waals surface area contributed by atoms with Crippen molar-refractivity contribution in [2.24, 2.45) is 0 Å². The molecule has 0 aliphatic rings. The number of hydrogen-bond acceptors (Lipinski definition) is 3. The van der Waals surface area contributed by atoms with Crippen LogP contribution in [-0.2, 0) is 11.2 Å². The summed E-state index contributed by atoms with van der Waals surface area (Å²) in [6, 6.07) is 9.79. The minimum Gasteiger partial charge on any atom is -0.348 e. The van der Waals surface area contributed by atoms with Crippen LogP contribution in [0.2, 0.25) is 0 Å². The second-order valence-corrected chi connectivity index (χ2v) is 5.02. The van der Waals surface area contributed by atoms with Gasteiger partial charge in [0.1, 0.15) is 0 Å². The number of nitrogens with zero attached hydrogens (tertiary/aromatic N) is 1. The third kappa shape index (κ3) is 3.40. The predicted molar refractivity (Wildman–Crippen MR) is 73.4 cm³/mol. The van der Waals surface area contributed by atoms with E-state index in [1.165, 1.54) is 4.88 Å². The van der Waals surface area contributed by atoms with Crippen molar-refractivity contribution in [3.8, 4) is 0 Å². The first-order chi connectivity index (χ1) is 8.79. The van der Waals surface area contributed by atoms with E-state index >= 15 is 0 Å². The average molecular weight is 260 g/mol. The van der Waals surface area contributed by atoms with Gasteiger partial charge >= 0.3 is 0 Å². The molecule has 1 unspecified atom stereocenters. The van der Waals surface area contributed by atoms with Crippen LogP contribution >= 0.6 is 11.3 Å². The third-order valence-electron chi connectivity index (χ3n) is 2.70. The SMILES string of the molecule is CCC(NC(=O)Cc1ccccn1)c1cccs1. The quantitative estimate of drug-likeness (QED) is 0.898. The van der Waals surface area contributed by atoms with E-state index in [1.54, 1.807) is 17.5 Å². The van der Waals surface area contributed by atoms with Gasteiger partial charge in [0.25, 0.3) is 0 Å². The molecule has 0 bridgehead atoms. The Bertz CT molecular complexity index is 482. The minimum atomic E-state index is 0.0222. The zero-order valence-electron chi connectivity index (χ0n) is 10.3. The van der Waals surface area contributed by atoms with Gasteiger partial charge in [-0.2, -0.15) is 0 Å². The number of rotatable bonds is 5. The van der Waals surface area contributed by atoms with Gasteiger partial charge in [-0.1, -0.05) is 19.1 Å². The van der Waals surface area contributed by atoms with E-state index in [1.807, 2.05) is 29.6 Å². The van der Waals surface area contributed by atoms with Gasteiger partial charge in [-0.15, -0.1) is 11.3 Å². The summed E-state index contributed by atoms with van der Waals surface area (Å²) < 4.78 is 0. The zero-order valence-corrected chi connectivity index (χ0v) is 11.1. The molecule has 0 spiro atoms. The van der Waals surface area contributed by atoms with Crippen LogP contribution in [0.15, 0.2) is 41.9 Å². The fourth-order valence-corrected chi connectivity index (χ4v) is 2.64. The van der Waals surface area contributed by atoms with Crippen molar-refractivity contribution in [3.63, 3.8) is 0 Å². The first-order valence-corrected chi connectivity index (χ1v) is 6.90. The van der Waals surface area contributed by atoms with E-state index in [4.69, 9.17) is 0 Å². The maximum atomic E-state index is 11.9. The van der Waals surface area contributed by atoms with Crippen molar-refractivity contribution in [1.82, 2.24) is 10.3 Å². The highest BCUT2D eigenvalue weighted by molar-refractivity contribution is 7.10. The Kier molecular flexibility index (Phi) is 4.47. The van der Waals surface area contributed by atoms with Gasteiger partial charge in [0, 0.05) is 16.8 Å². The first-order valence-electron chi connectivity index (χ1n) is 6.02. The zero-order chi connectivity index (χ0) is 12.8. The maximum absolute atomic E-state index is 11.9. The van der Waals surface area contributed by atoms with Crippen molar-refractivity contribution in [2.45, 2.75) is 25.8 Å². The van der Waals surface area contributed by atoms with E-state index in [9.17, 15) is 4.79 Å². The van der Waals surface area contributed by atoms with Gasteiger partial charge in [0.05, 0.1) is 12.5 Å². The highest BCUT2D eigenvalue weighted by atomic mass is 32.1. The van der Waals surface area contributed by atoms with Gasteiger partial charge < -0.3 is 5.32 Å². The summed E-state index contributed by atoms with van der Waals surface area (Å²) in [4.78, 5) is 17.3. The van der Waals surface area contributed by atoms with Gasteiger partial charge in [-0.25, -0.2) is 0 Å². The minimum absolute atomic E-state index is 0.0222. The lowest BCUT2D eigenvalue weighted by atomic mass is 10.1. The number of nitrogens with one attached hydrogen (secondary N) is 1. The van der Waals surface area contributed by atoms with Crippen LogP contribution in [0.3, 0.4) is 0 Å². The van der Waals surface area contributed by atoms with Gasteiger partial charge in [-0.05, 0) is 30.0 Å². The average Bonchev–Trinajstić information content (AvgIpc) is 2.91. The predicted octanol–water partition coefficient (Wildman–Crippen LogP) is 2.95. The number of carbonyl (C=O) groups is 1. The number of aromatic nitrogens is 1. The molecule has 0 fully saturated rings. The normalized spacial score (nSPS) is 12.1. The molecule has 0 radical (unpaired) electrons. The summed E-state index contributed by atoms with van der Waals surface area (Å²) in [6.07, 6.45) is 2.94. The van der Waals surface area contributed by atoms with Crippen LogP contribution in [0.5, 0.6) is 0 Å². The summed E-state index contributed by atoms with van der Waals surface area (Å²) in [7, 11) is 0. The van der Waals surface area contributed by atoms with Crippen LogP contribution in [0.25, 0.3) is 0 Å². The van der Waals surface area contributed by atoms with Crippen LogP contribution < -0.4 is 5.32 Å². The van der Waals surface area contributed by atoms with Crippen LogP contribution in [0.4, 0.5) is 0 Å². The number of carbonyl (C=O) groups excluding carboxylic acids is 1. The Labute approximate surface area is 111 Å². The molecule has 4 heteroatoms. The molecule has 18 heavy (non-hydrogen) atoms. The molecule has 1 amide bonds. The number of amides is 1. The molecule has 94 valence electrons. The van der Waals surface area contributed by atoms with E-state index < -0.39 is 0 Å². The van der Waals surface area contributed by atoms with E-state index in [0.29, 0.717) is 6.42 Å². The Hall–Kier alpha value is -1.68. The lowest BCUT2D eigenvalue weighted by Gasteiger charge is -2.15. The molecule has 0 saturated heterocycles. The van der Waals surface area contributed by atoms with E-state index in [2.05, 4.69) is 23.3 Å². The largest absolute Gasteiger partial charge is 0.348 e. The lowest BCUT2D eigenvalue weighted by molar-refractivity contribution is -0.121. The summed E-state index contributed by atoms with van der Waals surface area (Å²) in [5, 5.41) is 5.08. The topological polar surface area (TPSA) is 42.0 Å². The summed E-state index contributed by atoms with van der Waals surface area (Å²) in [5.41, 5.74) is 0.802. The molecular formula is C14H16N2OS. The number of thiophene rings is 1. The Morgan fingerprint density at radius 1 is 1.39 bits per heavy atom. The summed E-state index contributed by atoms with van der Waals surface area (Å²) >= 11 is 1.67. The molecular weight excluding hydrogens is 244 g/mol. The first kappa shape index (κ1) is 12.8. The molecule has 2 rings (SSSR count). The van der Waals surface area contributed by atoms with Gasteiger partial charge in [0.15, 0.2) is 0 Å². The lowest BCUT2D eigenvalue weighted by Crippen LogP contribution is -2.29. The standard InChI is InChI=1S/C14H16N2OS/c1-2-12(13-7-5-9-18-13)16-14(17)10-11-6-3-4-8-15-11/h3-9,12H,2,10H2,1H3,(H,16,17). The Morgan fingerprint density at radius 3 is 2.89 bits per heavy atom.